The van der Waals surface area contributed by atoms with Gasteiger partial charge in [-0.25, -0.2) is 0 Å². The Hall–Kier alpha value is -1.28. The molecule has 4 nitrogen and oxygen atoms in total. The number of benzene rings is 1. The first-order valence-electron chi connectivity index (χ1n) is 6.09. The van der Waals surface area contributed by atoms with Crippen molar-refractivity contribution in [1.82, 2.24) is 4.90 Å². The number of alkyl halides is 3. The van der Waals surface area contributed by atoms with Crippen molar-refractivity contribution >= 4 is 27.6 Å². The molecular formula is C13H16BrF3N2O2. The second-order valence-electron chi connectivity index (χ2n) is 4.78. The molecule has 0 fully saturated rings. The van der Waals surface area contributed by atoms with Crippen LogP contribution in [-0.4, -0.2) is 49.7 Å². The molecular weight excluding hydrogens is 353 g/mol. The Bertz CT molecular complexity index is 507. The summed E-state index contributed by atoms with van der Waals surface area (Å²) in [7, 11) is 3.54. The van der Waals surface area contributed by atoms with Crippen molar-refractivity contribution in [3.63, 3.8) is 0 Å². The minimum absolute atomic E-state index is 0.138. The average molecular weight is 369 g/mol. The van der Waals surface area contributed by atoms with Gasteiger partial charge in [-0.1, -0.05) is 15.9 Å². The lowest BCUT2D eigenvalue weighted by Crippen LogP contribution is -2.36. The van der Waals surface area contributed by atoms with Gasteiger partial charge in [-0.2, -0.15) is 13.2 Å². The first-order valence-corrected chi connectivity index (χ1v) is 6.88. The monoisotopic (exact) mass is 368 g/mol. The van der Waals surface area contributed by atoms with E-state index in [0.29, 0.717) is 11.0 Å². The molecule has 0 saturated carbocycles. The lowest BCUT2D eigenvalue weighted by Gasteiger charge is -2.27. The Labute approximate surface area is 129 Å². The van der Waals surface area contributed by atoms with Gasteiger partial charge in [0, 0.05) is 17.6 Å². The third-order valence-electron chi connectivity index (χ3n) is 2.75. The van der Waals surface area contributed by atoms with Crippen LogP contribution in [0.4, 0.5) is 18.9 Å². The van der Waals surface area contributed by atoms with Gasteiger partial charge in [0.1, 0.15) is 6.54 Å². The number of carboxylic acids is 1. The quantitative estimate of drug-likeness (QED) is 0.838. The van der Waals surface area contributed by atoms with Gasteiger partial charge in [-0.3, -0.25) is 4.79 Å². The Morgan fingerprint density at radius 2 is 1.90 bits per heavy atom. The number of aliphatic carboxylic acids is 1. The zero-order chi connectivity index (χ0) is 16.2. The van der Waals surface area contributed by atoms with E-state index in [1.807, 2.05) is 0 Å². The minimum atomic E-state index is -4.54. The standard InChI is InChI=1S/C13H16BrF3N2O2/c1-18(2)5-6-19(8-12(20)21)11-7-9(14)3-4-10(11)13(15,16)17/h3-4,7H,5-6,8H2,1-2H3,(H,20,21). The largest absolute Gasteiger partial charge is 0.480 e. The van der Waals surface area contributed by atoms with Gasteiger partial charge in [0.2, 0.25) is 0 Å². The first kappa shape index (κ1) is 17.8. The predicted molar refractivity (Wildman–Crippen MR) is 77.5 cm³/mol. The van der Waals surface area contributed by atoms with Crippen molar-refractivity contribution in [2.75, 3.05) is 38.6 Å². The van der Waals surface area contributed by atoms with E-state index in [1.54, 1.807) is 19.0 Å². The fourth-order valence-corrected chi connectivity index (χ4v) is 2.12. The van der Waals surface area contributed by atoms with Crippen LogP contribution < -0.4 is 4.90 Å². The molecule has 0 amide bonds. The van der Waals surface area contributed by atoms with E-state index in [2.05, 4.69) is 15.9 Å². The van der Waals surface area contributed by atoms with Crippen molar-refractivity contribution in [3.05, 3.63) is 28.2 Å². The number of hydrogen-bond acceptors (Lipinski definition) is 3. The normalized spacial score (nSPS) is 11.8. The van der Waals surface area contributed by atoms with Crippen LogP contribution in [0.5, 0.6) is 0 Å². The Morgan fingerprint density at radius 1 is 1.29 bits per heavy atom. The van der Waals surface area contributed by atoms with Crippen molar-refractivity contribution in [1.29, 1.82) is 0 Å². The number of hydrogen-bond donors (Lipinski definition) is 1. The Balaban J connectivity index is 3.21. The summed E-state index contributed by atoms with van der Waals surface area (Å²) in [5, 5.41) is 8.93. The summed E-state index contributed by atoms with van der Waals surface area (Å²) in [5.41, 5.74) is -0.980. The highest BCUT2D eigenvalue weighted by atomic mass is 79.9. The van der Waals surface area contributed by atoms with E-state index in [9.17, 15) is 18.0 Å². The number of carbonyl (C=O) groups is 1. The van der Waals surface area contributed by atoms with Gasteiger partial charge >= 0.3 is 12.1 Å². The summed E-state index contributed by atoms with van der Waals surface area (Å²) in [5.74, 6) is -1.18. The number of anilines is 1. The van der Waals surface area contributed by atoms with E-state index in [0.717, 1.165) is 6.07 Å². The van der Waals surface area contributed by atoms with Crippen LogP contribution in [0.15, 0.2) is 22.7 Å². The molecule has 118 valence electrons. The average Bonchev–Trinajstić information content (AvgIpc) is 2.32. The van der Waals surface area contributed by atoms with Gasteiger partial charge in [0.05, 0.1) is 11.3 Å². The van der Waals surface area contributed by atoms with Crippen LogP contribution in [0, 0.1) is 0 Å². The predicted octanol–water partition coefficient (Wildman–Crippen LogP) is 2.92. The zero-order valence-electron chi connectivity index (χ0n) is 11.6. The molecule has 0 radical (unpaired) electrons. The van der Waals surface area contributed by atoms with Gasteiger partial charge in [-0.05, 0) is 32.3 Å². The van der Waals surface area contributed by atoms with E-state index >= 15 is 0 Å². The number of likely N-dealkylation sites (N-methyl/N-ethyl adjacent to an activating group) is 1. The minimum Gasteiger partial charge on any atom is -0.480 e. The number of rotatable bonds is 6. The van der Waals surface area contributed by atoms with Crippen LogP contribution >= 0.6 is 15.9 Å². The van der Waals surface area contributed by atoms with E-state index in [-0.39, 0.29) is 12.2 Å². The van der Waals surface area contributed by atoms with Crippen LogP contribution in [0.25, 0.3) is 0 Å². The molecule has 1 rings (SSSR count). The van der Waals surface area contributed by atoms with Gasteiger partial charge in [0.25, 0.3) is 0 Å². The highest BCUT2D eigenvalue weighted by molar-refractivity contribution is 9.10. The van der Waals surface area contributed by atoms with Gasteiger partial charge in [0.15, 0.2) is 0 Å². The van der Waals surface area contributed by atoms with Gasteiger partial charge < -0.3 is 14.9 Å². The van der Waals surface area contributed by atoms with Gasteiger partial charge in [-0.15, -0.1) is 0 Å². The third-order valence-corrected chi connectivity index (χ3v) is 3.24. The highest BCUT2D eigenvalue weighted by Gasteiger charge is 2.35. The van der Waals surface area contributed by atoms with E-state index < -0.39 is 24.3 Å². The van der Waals surface area contributed by atoms with Crippen LogP contribution in [0.1, 0.15) is 5.56 Å². The summed E-state index contributed by atoms with van der Waals surface area (Å²) >= 11 is 3.13. The lowest BCUT2D eigenvalue weighted by molar-refractivity contribution is -0.138. The molecule has 0 aliphatic heterocycles. The van der Waals surface area contributed by atoms with Crippen LogP contribution in [-0.2, 0) is 11.0 Å². The third kappa shape index (κ3) is 5.55. The van der Waals surface area contributed by atoms with E-state index in [1.165, 1.54) is 17.0 Å². The summed E-state index contributed by atoms with van der Waals surface area (Å²) in [4.78, 5) is 13.9. The number of carboxylic acid groups (broad SMARTS) is 1. The summed E-state index contributed by atoms with van der Waals surface area (Å²) in [6, 6.07) is 3.53. The SMILES string of the molecule is CN(C)CCN(CC(=O)O)c1cc(Br)ccc1C(F)(F)F. The summed E-state index contributed by atoms with van der Waals surface area (Å²) < 4.78 is 39.7. The van der Waals surface area contributed by atoms with E-state index in [4.69, 9.17) is 5.11 Å². The summed E-state index contributed by atoms with van der Waals surface area (Å²) in [6.45, 7) is 0.128. The van der Waals surface area contributed by atoms with Crippen molar-refractivity contribution in [2.24, 2.45) is 0 Å². The fourth-order valence-electron chi connectivity index (χ4n) is 1.77. The molecule has 0 atom stereocenters. The molecule has 0 aliphatic carbocycles. The smallest absolute Gasteiger partial charge is 0.418 e. The molecule has 1 N–H and O–H groups in total. The summed E-state index contributed by atoms with van der Waals surface area (Å²) in [6.07, 6.45) is -4.54. The molecule has 0 spiro atoms. The second kappa shape index (κ2) is 7.13. The van der Waals surface area contributed by atoms with Crippen LogP contribution in [0.3, 0.4) is 0 Å². The Kier molecular flexibility index (Phi) is 6.03. The molecule has 0 saturated heterocycles. The first-order chi connectivity index (χ1) is 9.61. The second-order valence-corrected chi connectivity index (χ2v) is 5.69. The molecule has 1 aromatic rings. The molecule has 0 aromatic heterocycles. The molecule has 1 aromatic carbocycles. The lowest BCUT2D eigenvalue weighted by atomic mass is 10.1. The maximum absolute atomic E-state index is 13.1. The zero-order valence-corrected chi connectivity index (χ0v) is 13.2. The number of nitrogens with zero attached hydrogens (tertiary/aromatic N) is 2. The molecule has 8 heteroatoms. The number of halogens is 4. The molecule has 0 heterocycles. The maximum atomic E-state index is 13.1. The topological polar surface area (TPSA) is 43.8 Å². The highest BCUT2D eigenvalue weighted by Crippen LogP contribution is 2.38. The fraction of sp³-hybridized carbons (Fsp3) is 0.462. The van der Waals surface area contributed by atoms with Crippen molar-refractivity contribution in [2.45, 2.75) is 6.18 Å². The van der Waals surface area contributed by atoms with Crippen molar-refractivity contribution in [3.8, 4) is 0 Å². The molecule has 0 unspecified atom stereocenters. The molecule has 0 bridgehead atoms. The maximum Gasteiger partial charge on any atom is 0.418 e. The Morgan fingerprint density at radius 3 is 2.38 bits per heavy atom. The molecule has 21 heavy (non-hydrogen) atoms. The molecule has 0 aliphatic rings. The van der Waals surface area contributed by atoms with Crippen molar-refractivity contribution < 1.29 is 23.1 Å². The van der Waals surface area contributed by atoms with Crippen LogP contribution in [0.2, 0.25) is 0 Å².